The lowest BCUT2D eigenvalue weighted by Crippen LogP contribution is -2.04. The van der Waals surface area contributed by atoms with Crippen LogP contribution in [0.5, 0.6) is 11.5 Å². The summed E-state index contributed by atoms with van der Waals surface area (Å²) in [5.74, 6) is 0.636. The molecule has 0 unspecified atom stereocenters. The van der Waals surface area contributed by atoms with Crippen molar-refractivity contribution in [2.24, 2.45) is 0 Å². The first-order valence-electron chi connectivity index (χ1n) is 9.00. The molecular formula is C21H19F3N2O. The smallest absolute Gasteiger partial charge is 0.416 e. The summed E-state index contributed by atoms with van der Waals surface area (Å²) >= 11 is 0. The van der Waals surface area contributed by atoms with Crippen LogP contribution < -0.4 is 4.74 Å². The number of rotatable bonds is 4. The first-order valence-corrected chi connectivity index (χ1v) is 9.00. The van der Waals surface area contributed by atoms with E-state index < -0.39 is 11.7 Å². The van der Waals surface area contributed by atoms with Crippen molar-refractivity contribution in [3.8, 4) is 22.8 Å². The second-order valence-electron chi connectivity index (χ2n) is 6.77. The summed E-state index contributed by atoms with van der Waals surface area (Å²) in [6, 6.07) is 14.6. The number of alkyl halides is 3. The van der Waals surface area contributed by atoms with Gasteiger partial charge in [-0.05, 0) is 61.4 Å². The average molecular weight is 372 g/mol. The van der Waals surface area contributed by atoms with Gasteiger partial charge in [0.15, 0.2) is 0 Å². The molecule has 3 aromatic rings. The fraction of sp³-hybridized carbons (Fsp3) is 0.286. The van der Waals surface area contributed by atoms with Gasteiger partial charge < -0.3 is 4.74 Å². The number of halogens is 3. The topological polar surface area (TPSA) is 27.1 Å². The number of benzene rings is 2. The van der Waals surface area contributed by atoms with Crippen LogP contribution >= 0.6 is 0 Å². The van der Waals surface area contributed by atoms with Gasteiger partial charge in [0.05, 0.1) is 17.3 Å². The average Bonchev–Trinajstić information content (AvgIpc) is 3.34. The predicted molar refractivity (Wildman–Crippen MR) is 96.7 cm³/mol. The highest BCUT2D eigenvalue weighted by Gasteiger charge is 2.30. The van der Waals surface area contributed by atoms with E-state index in [1.807, 2.05) is 29.1 Å². The summed E-state index contributed by atoms with van der Waals surface area (Å²) in [4.78, 5) is 0. The summed E-state index contributed by atoms with van der Waals surface area (Å²) in [6.45, 7) is 0. The molecule has 1 aliphatic carbocycles. The maximum Gasteiger partial charge on any atom is 0.416 e. The van der Waals surface area contributed by atoms with Gasteiger partial charge >= 0.3 is 6.18 Å². The monoisotopic (exact) mass is 372 g/mol. The van der Waals surface area contributed by atoms with Gasteiger partial charge in [0.2, 0.25) is 0 Å². The molecule has 1 fully saturated rings. The molecule has 0 bridgehead atoms. The molecular weight excluding hydrogens is 353 g/mol. The summed E-state index contributed by atoms with van der Waals surface area (Å²) in [5.41, 5.74) is 1.10. The highest BCUT2D eigenvalue weighted by molar-refractivity contribution is 5.59. The molecule has 0 saturated heterocycles. The minimum atomic E-state index is -4.39. The van der Waals surface area contributed by atoms with E-state index in [9.17, 15) is 13.2 Å². The van der Waals surface area contributed by atoms with Crippen molar-refractivity contribution in [3.05, 3.63) is 66.4 Å². The maximum atomic E-state index is 12.8. The molecule has 1 aliphatic rings. The van der Waals surface area contributed by atoms with Crippen molar-refractivity contribution < 1.29 is 17.9 Å². The third kappa shape index (κ3) is 3.99. The van der Waals surface area contributed by atoms with E-state index >= 15 is 0 Å². The Bertz CT molecular complexity index is 910. The highest BCUT2D eigenvalue weighted by atomic mass is 19.4. The minimum Gasteiger partial charge on any atom is -0.457 e. The minimum absolute atomic E-state index is 0.156. The molecule has 0 radical (unpaired) electrons. The Hall–Kier alpha value is -2.76. The third-order valence-corrected chi connectivity index (χ3v) is 4.85. The van der Waals surface area contributed by atoms with Crippen molar-refractivity contribution in [1.82, 2.24) is 9.78 Å². The van der Waals surface area contributed by atoms with Gasteiger partial charge in [-0.1, -0.05) is 18.9 Å². The van der Waals surface area contributed by atoms with Gasteiger partial charge in [0.25, 0.3) is 0 Å². The van der Waals surface area contributed by atoms with Crippen molar-refractivity contribution in [2.75, 3.05) is 0 Å². The number of aromatic nitrogens is 2. The Morgan fingerprint density at radius 1 is 0.926 bits per heavy atom. The van der Waals surface area contributed by atoms with Crippen LogP contribution in [0.25, 0.3) is 11.3 Å². The van der Waals surface area contributed by atoms with Crippen molar-refractivity contribution in [2.45, 2.75) is 37.9 Å². The van der Waals surface area contributed by atoms with Gasteiger partial charge in [0.1, 0.15) is 11.5 Å². The van der Waals surface area contributed by atoms with Gasteiger partial charge in [-0.15, -0.1) is 0 Å². The van der Waals surface area contributed by atoms with Crippen LogP contribution in [0.4, 0.5) is 13.2 Å². The van der Waals surface area contributed by atoms with E-state index in [0.717, 1.165) is 23.4 Å². The van der Waals surface area contributed by atoms with Crippen LogP contribution in [-0.2, 0) is 6.18 Å². The highest BCUT2D eigenvalue weighted by Crippen LogP contribution is 2.33. The van der Waals surface area contributed by atoms with Gasteiger partial charge in [-0.2, -0.15) is 18.3 Å². The molecule has 0 spiro atoms. The number of hydrogen-bond acceptors (Lipinski definition) is 2. The van der Waals surface area contributed by atoms with E-state index in [2.05, 4.69) is 5.10 Å². The number of nitrogens with zero attached hydrogens (tertiary/aromatic N) is 2. The predicted octanol–water partition coefficient (Wildman–Crippen LogP) is 6.48. The van der Waals surface area contributed by atoms with E-state index in [1.165, 1.54) is 37.8 Å². The summed E-state index contributed by atoms with van der Waals surface area (Å²) in [5, 5.41) is 4.67. The van der Waals surface area contributed by atoms with E-state index in [1.54, 1.807) is 12.1 Å². The van der Waals surface area contributed by atoms with E-state index in [4.69, 9.17) is 4.74 Å². The second kappa shape index (κ2) is 7.10. The second-order valence-corrected chi connectivity index (χ2v) is 6.77. The van der Waals surface area contributed by atoms with Crippen molar-refractivity contribution >= 4 is 0 Å². The van der Waals surface area contributed by atoms with Crippen LogP contribution in [0.2, 0.25) is 0 Å². The Morgan fingerprint density at radius 3 is 2.37 bits per heavy atom. The number of hydrogen-bond donors (Lipinski definition) is 0. The number of ether oxygens (including phenoxy) is 1. The van der Waals surface area contributed by atoms with Crippen LogP contribution in [0.1, 0.15) is 37.3 Å². The molecule has 0 N–H and O–H groups in total. The SMILES string of the molecule is FC(F)(F)c1cccc(Oc2ccc(-c3ccn(C4CCCC4)n3)cc2)c1. The molecule has 0 aliphatic heterocycles. The van der Waals surface area contributed by atoms with Gasteiger partial charge in [-0.25, -0.2) is 0 Å². The fourth-order valence-corrected chi connectivity index (χ4v) is 3.43. The quantitative estimate of drug-likeness (QED) is 0.524. The summed E-state index contributed by atoms with van der Waals surface area (Å²) < 4.78 is 46.0. The zero-order chi connectivity index (χ0) is 18.9. The van der Waals surface area contributed by atoms with Crippen LogP contribution in [0.3, 0.4) is 0 Å². The lowest BCUT2D eigenvalue weighted by molar-refractivity contribution is -0.137. The Balaban J connectivity index is 1.48. The van der Waals surface area contributed by atoms with Crippen molar-refractivity contribution in [3.63, 3.8) is 0 Å². The first kappa shape index (κ1) is 17.6. The van der Waals surface area contributed by atoms with Gasteiger partial charge in [0, 0.05) is 11.8 Å². The molecule has 1 aromatic heterocycles. The normalized spacial score (nSPS) is 15.2. The lowest BCUT2D eigenvalue weighted by Gasteiger charge is -2.10. The largest absolute Gasteiger partial charge is 0.457 e. The standard InChI is InChI=1S/C21H19F3N2O/c22-21(23,24)16-4-3-7-19(14-16)27-18-10-8-15(9-11-18)20-12-13-26(25-20)17-5-1-2-6-17/h3-4,7-14,17H,1-2,5-6H2. The van der Waals surface area contributed by atoms with Crippen molar-refractivity contribution in [1.29, 1.82) is 0 Å². The molecule has 3 nitrogen and oxygen atoms in total. The molecule has 1 heterocycles. The summed E-state index contributed by atoms with van der Waals surface area (Å²) in [7, 11) is 0. The molecule has 27 heavy (non-hydrogen) atoms. The molecule has 2 aromatic carbocycles. The fourth-order valence-electron chi connectivity index (χ4n) is 3.43. The molecule has 4 rings (SSSR count). The Kier molecular flexibility index (Phi) is 4.64. The van der Waals surface area contributed by atoms with Gasteiger partial charge in [-0.3, -0.25) is 4.68 Å². The lowest BCUT2D eigenvalue weighted by atomic mass is 10.1. The maximum absolute atomic E-state index is 12.8. The first-order chi connectivity index (χ1) is 13.0. The van der Waals surface area contributed by atoms with E-state index in [0.29, 0.717) is 11.8 Å². The molecule has 6 heteroatoms. The molecule has 0 atom stereocenters. The Labute approximate surface area is 155 Å². The van der Waals surface area contributed by atoms with Crippen LogP contribution in [0, 0.1) is 0 Å². The molecule has 1 saturated carbocycles. The van der Waals surface area contributed by atoms with Crippen LogP contribution in [-0.4, -0.2) is 9.78 Å². The zero-order valence-corrected chi connectivity index (χ0v) is 14.6. The Morgan fingerprint density at radius 2 is 1.67 bits per heavy atom. The third-order valence-electron chi connectivity index (χ3n) is 4.85. The van der Waals surface area contributed by atoms with E-state index in [-0.39, 0.29) is 5.75 Å². The molecule has 0 amide bonds. The summed E-state index contributed by atoms with van der Waals surface area (Å²) in [6.07, 6.45) is 2.47. The van der Waals surface area contributed by atoms with Crippen LogP contribution in [0.15, 0.2) is 60.8 Å². The molecule has 140 valence electrons. The zero-order valence-electron chi connectivity index (χ0n) is 14.6.